The first-order chi connectivity index (χ1) is 18.1. The third-order valence-corrected chi connectivity index (χ3v) is 7.44. The molecule has 0 unspecified atom stereocenters. The first-order valence-corrected chi connectivity index (χ1v) is 13.5. The lowest BCUT2D eigenvalue weighted by Crippen LogP contribution is -2.38. The van der Waals surface area contributed by atoms with E-state index in [1.807, 2.05) is 20.8 Å². The van der Waals surface area contributed by atoms with Crippen molar-refractivity contribution in [3.63, 3.8) is 0 Å². The van der Waals surface area contributed by atoms with Crippen LogP contribution >= 0.6 is 0 Å². The van der Waals surface area contributed by atoms with Crippen LogP contribution < -0.4 is 24.4 Å². The molecule has 0 aliphatic heterocycles. The Morgan fingerprint density at radius 3 is 2.26 bits per heavy atom. The second-order valence-corrected chi connectivity index (χ2v) is 10.9. The van der Waals surface area contributed by atoms with Gasteiger partial charge in [0.1, 0.15) is 18.0 Å². The highest BCUT2D eigenvalue weighted by Crippen LogP contribution is 2.35. The van der Waals surface area contributed by atoms with Crippen molar-refractivity contribution in [2.75, 3.05) is 36.9 Å². The van der Waals surface area contributed by atoms with E-state index in [-0.39, 0.29) is 39.4 Å². The Bertz CT molecular complexity index is 1390. The number of sulfonamides is 1. The predicted molar refractivity (Wildman–Crippen MR) is 147 cm³/mol. The fraction of sp³-hybridized carbons (Fsp3) is 0.286. The number of benzene rings is 3. The summed E-state index contributed by atoms with van der Waals surface area (Å²) in [6, 6.07) is 17.5. The molecule has 0 heterocycles. The summed E-state index contributed by atoms with van der Waals surface area (Å²) in [5.74, 6) is -0.0516. The van der Waals surface area contributed by atoms with E-state index in [0.29, 0.717) is 12.3 Å². The van der Waals surface area contributed by atoms with Crippen LogP contribution in [0.4, 0.5) is 11.4 Å². The summed E-state index contributed by atoms with van der Waals surface area (Å²) in [7, 11) is -1.30. The second kappa shape index (κ2) is 12.5. The number of hydrogen-bond donors (Lipinski definition) is 2. The molecule has 2 amide bonds. The van der Waals surface area contributed by atoms with E-state index in [0.717, 1.165) is 9.87 Å². The van der Waals surface area contributed by atoms with Crippen LogP contribution in [0.15, 0.2) is 71.6 Å². The number of nitrogens with one attached hydrogen (secondary N) is 2. The number of methoxy groups -OCH3 is 2. The highest BCUT2D eigenvalue weighted by molar-refractivity contribution is 7.92. The fourth-order valence-corrected chi connectivity index (χ4v) is 5.06. The van der Waals surface area contributed by atoms with Crippen LogP contribution in [-0.2, 0) is 14.8 Å². The molecule has 0 spiro atoms. The molecule has 0 aliphatic rings. The Labute approximate surface area is 223 Å². The number of rotatable bonds is 11. The molecule has 0 saturated carbocycles. The zero-order chi connectivity index (χ0) is 27.9. The Morgan fingerprint density at radius 2 is 1.63 bits per heavy atom. The molecule has 38 heavy (non-hydrogen) atoms. The lowest BCUT2D eigenvalue weighted by atomic mass is 10.1. The van der Waals surface area contributed by atoms with Crippen molar-refractivity contribution in [1.82, 2.24) is 5.32 Å². The van der Waals surface area contributed by atoms with Gasteiger partial charge in [-0.2, -0.15) is 0 Å². The number of aryl methyl sites for hydroxylation is 1. The fourth-order valence-electron chi connectivity index (χ4n) is 3.63. The summed E-state index contributed by atoms with van der Waals surface area (Å²) in [5.41, 5.74) is 1.60. The molecule has 3 aromatic carbocycles. The summed E-state index contributed by atoms with van der Waals surface area (Å²) < 4.78 is 39.2. The summed E-state index contributed by atoms with van der Waals surface area (Å²) in [6.45, 7) is 5.71. The summed E-state index contributed by atoms with van der Waals surface area (Å²) in [6.07, 6.45) is 0. The van der Waals surface area contributed by atoms with E-state index in [1.165, 1.54) is 32.4 Å². The maximum Gasteiger partial charge on any atom is 0.264 e. The zero-order valence-corrected chi connectivity index (χ0v) is 23.0. The van der Waals surface area contributed by atoms with E-state index in [9.17, 15) is 18.0 Å². The molecule has 0 aliphatic carbocycles. The number of carbonyl (C=O) groups is 2. The molecule has 0 aromatic heterocycles. The highest BCUT2D eigenvalue weighted by Gasteiger charge is 2.30. The van der Waals surface area contributed by atoms with Gasteiger partial charge in [0.15, 0.2) is 0 Å². The molecule has 0 radical (unpaired) electrons. The number of carbonyl (C=O) groups excluding carboxylic acids is 2. The molecule has 0 fully saturated rings. The molecular formula is C28H33N3O6S. The van der Waals surface area contributed by atoms with Crippen molar-refractivity contribution in [2.24, 2.45) is 5.92 Å². The van der Waals surface area contributed by atoms with Gasteiger partial charge in [-0.3, -0.25) is 13.9 Å². The molecule has 0 bridgehead atoms. The molecule has 0 saturated heterocycles. The van der Waals surface area contributed by atoms with Gasteiger partial charge >= 0.3 is 0 Å². The average Bonchev–Trinajstić information content (AvgIpc) is 2.90. The predicted octanol–water partition coefficient (Wildman–Crippen LogP) is 4.23. The quantitative estimate of drug-likeness (QED) is 0.377. The van der Waals surface area contributed by atoms with Gasteiger partial charge < -0.3 is 20.1 Å². The molecule has 9 nitrogen and oxygen atoms in total. The Morgan fingerprint density at radius 1 is 0.947 bits per heavy atom. The summed E-state index contributed by atoms with van der Waals surface area (Å²) >= 11 is 0. The maximum atomic E-state index is 13.8. The van der Waals surface area contributed by atoms with Crippen LogP contribution in [0.1, 0.15) is 29.8 Å². The van der Waals surface area contributed by atoms with Gasteiger partial charge in [0.2, 0.25) is 5.91 Å². The first kappa shape index (κ1) is 28.5. The van der Waals surface area contributed by atoms with Crippen LogP contribution in [0.25, 0.3) is 0 Å². The van der Waals surface area contributed by atoms with Crippen LogP contribution in [0.5, 0.6) is 11.5 Å². The molecule has 3 rings (SSSR count). The van der Waals surface area contributed by atoms with Gasteiger partial charge in [0.25, 0.3) is 15.9 Å². The number of nitrogens with zero attached hydrogens (tertiary/aromatic N) is 1. The van der Waals surface area contributed by atoms with Crippen LogP contribution in [0.3, 0.4) is 0 Å². The summed E-state index contributed by atoms with van der Waals surface area (Å²) in [5, 5.41) is 5.53. The number of amides is 2. The monoisotopic (exact) mass is 539 g/mol. The minimum atomic E-state index is -4.18. The number of anilines is 2. The van der Waals surface area contributed by atoms with Crippen molar-refractivity contribution >= 4 is 33.2 Å². The Kier molecular flexibility index (Phi) is 9.35. The Balaban J connectivity index is 1.98. The second-order valence-electron chi connectivity index (χ2n) is 9.06. The minimum absolute atomic E-state index is 0.0160. The lowest BCUT2D eigenvalue weighted by molar-refractivity contribution is -0.114. The molecular weight excluding hydrogens is 506 g/mol. The largest absolute Gasteiger partial charge is 0.497 e. The lowest BCUT2D eigenvalue weighted by Gasteiger charge is -2.26. The van der Waals surface area contributed by atoms with Gasteiger partial charge in [-0.25, -0.2) is 8.42 Å². The van der Waals surface area contributed by atoms with E-state index in [1.54, 1.807) is 48.5 Å². The van der Waals surface area contributed by atoms with Crippen molar-refractivity contribution in [3.05, 3.63) is 77.9 Å². The van der Waals surface area contributed by atoms with Crippen molar-refractivity contribution in [2.45, 2.75) is 25.7 Å². The Hall–Kier alpha value is -4.05. The highest BCUT2D eigenvalue weighted by atomic mass is 32.2. The van der Waals surface area contributed by atoms with Crippen molar-refractivity contribution in [3.8, 4) is 11.5 Å². The van der Waals surface area contributed by atoms with Crippen molar-refractivity contribution in [1.29, 1.82) is 0 Å². The number of ether oxygens (including phenoxy) is 2. The van der Waals surface area contributed by atoms with Gasteiger partial charge in [0, 0.05) is 12.6 Å². The SMILES string of the molecule is COc1ccc(N(CC(=O)Nc2ccccc2C(=O)NCC(C)C)S(=O)(=O)c2ccc(C)cc2)c(OC)c1. The van der Waals surface area contributed by atoms with Gasteiger partial charge in [-0.1, -0.05) is 43.7 Å². The minimum Gasteiger partial charge on any atom is -0.497 e. The molecule has 0 atom stereocenters. The topological polar surface area (TPSA) is 114 Å². The third-order valence-electron chi connectivity index (χ3n) is 5.67. The summed E-state index contributed by atoms with van der Waals surface area (Å²) in [4.78, 5) is 26.0. The van der Waals surface area contributed by atoms with E-state index < -0.39 is 22.5 Å². The van der Waals surface area contributed by atoms with Crippen molar-refractivity contribution < 1.29 is 27.5 Å². The smallest absolute Gasteiger partial charge is 0.264 e. The van der Waals surface area contributed by atoms with Crippen LogP contribution in [0.2, 0.25) is 0 Å². The van der Waals surface area contributed by atoms with E-state index in [4.69, 9.17) is 9.47 Å². The van der Waals surface area contributed by atoms with Crippen LogP contribution in [0, 0.1) is 12.8 Å². The standard InChI is InChI=1S/C28H33N3O6S/c1-19(2)17-29-28(33)23-8-6-7-9-24(23)30-27(32)18-31(25-15-12-21(36-4)16-26(25)37-5)38(34,35)22-13-10-20(3)11-14-22/h6-16,19H,17-18H2,1-5H3,(H,29,33)(H,30,32). The number of para-hydroxylation sites is 1. The number of hydrogen-bond acceptors (Lipinski definition) is 6. The van der Waals surface area contributed by atoms with E-state index in [2.05, 4.69) is 10.6 Å². The average molecular weight is 540 g/mol. The van der Waals surface area contributed by atoms with Crippen LogP contribution in [-0.4, -0.2) is 47.5 Å². The molecule has 2 N–H and O–H groups in total. The van der Waals surface area contributed by atoms with Gasteiger partial charge in [-0.05, 0) is 49.2 Å². The third kappa shape index (κ3) is 6.83. The normalized spacial score (nSPS) is 11.1. The van der Waals surface area contributed by atoms with Gasteiger partial charge in [0.05, 0.1) is 36.1 Å². The molecule has 10 heteroatoms. The molecule has 3 aromatic rings. The zero-order valence-electron chi connectivity index (χ0n) is 22.1. The van der Waals surface area contributed by atoms with Gasteiger partial charge in [-0.15, -0.1) is 0 Å². The first-order valence-electron chi connectivity index (χ1n) is 12.0. The van der Waals surface area contributed by atoms with E-state index >= 15 is 0 Å². The molecule has 202 valence electrons. The maximum absolute atomic E-state index is 13.8.